The van der Waals surface area contributed by atoms with Crippen LogP contribution in [0.15, 0.2) is 24.5 Å². The van der Waals surface area contributed by atoms with Gasteiger partial charge in [-0.25, -0.2) is 0 Å². The van der Waals surface area contributed by atoms with Crippen molar-refractivity contribution < 1.29 is 0 Å². The highest BCUT2D eigenvalue weighted by Crippen LogP contribution is 2.34. The van der Waals surface area contributed by atoms with Gasteiger partial charge in [0, 0.05) is 25.0 Å². The average Bonchev–Trinajstić information content (AvgIpc) is 2.54. The van der Waals surface area contributed by atoms with Crippen LogP contribution in [-0.4, -0.2) is 29.0 Å². The number of hydrogen-bond acceptors (Lipinski definition) is 3. The Balaban J connectivity index is 2.05. The fourth-order valence-electron chi connectivity index (χ4n) is 3.87. The summed E-state index contributed by atoms with van der Waals surface area (Å²) >= 11 is 0. The second-order valence-corrected chi connectivity index (χ2v) is 6.45. The van der Waals surface area contributed by atoms with Gasteiger partial charge in [-0.2, -0.15) is 0 Å². The first-order chi connectivity index (χ1) is 10.3. The minimum absolute atomic E-state index is 0.651. The Morgan fingerprint density at radius 3 is 2.62 bits per heavy atom. The Labute approximate surface area is 129 Å². The lowest BCUT2D eigenvalue weighted by Gasteiger charge is -2.42. The minimum Gasteiger partial charge on any atom is -0.330 e. The van der Waals surface area contributed by atoms with Gasteiger partial charge in [-0.1, -0.05) is 33.1 Å². The highest BCUT2D eigenvalue weighted by Gasteiger charge is 2.32. The molecular weight excluding hydrogens is 258 g/mol. The summed E-state index contributed by atoms with van der Waals surface area (Å²) in [4.78, 5) is 6.75. The first kappa shape index (κ1) is 16.4. The lowest BCUT2D eigenvalue weighted by atomic mass is 9.76. The predicted octanol–water partition coefficient (Wildman–Crippen LogP) is 3.45. The second kappa shape index (κ2) is 8.50. The van der Waals surface area contributed by atoms with Crippen molar-refractivity contribution in [3.05, 3.63) is 30.1 Å². The van der Waals surface area contributed by atoms with Gasteiger partial charge < -0.3 is 5.73 Å². The van der Waals surface area contributed by atoms with Crippen molar-refractivity contribution in [3.63, 3.8) is 0 Å². The van der Waals surface area contributed by atoms with E-state index in [-0.39, 0.29) is 0 Å². The van der Waals surface area contributed by atoms with Crippen LogP contribution in [0.5, 0.6) is 0 Å². The summed E-state index contributed by atoms with van der Waals surface area (Å²) in [5.41, 5.74) is 7.42. The van der Waals surface area contributed by atoms with E-state index in [0.717, 1.165) is 25.6 Å². The van der Waals surface area contributed by atoms with Gasteiger partial charge >= 0.3 is 0 Å². The van der Waals surface area contributed by atoms with E-state index in [0.29, 0.717) is 12.0 Å². The normalized spacial score (nSPS) is 26.2. The molecule has 21 heavy (non-hydrogen) atoms. The van der Waals surface area contributed by atoms with Gasteiger partial charge in [0.2, 0.25) is 0 Å². The minimum atomic E-state index is 0.651. The third kappa shape index (κ3) is 4.52. The summed E-state index contributed by atoms with van der Waals surface area (Å²) < 4.78 is 0. The van der Waals surface area contributed by atoms with Crippen LogP contribution in [0, 0.1) is 11.8 Å². The molecule has 1 heterocycles. The van der Waals surface area contributed by atoms with Gasteiger partial charge in [0.1, 0.15) is 0 Å². The van der Waals surface area contributed by atoms with Gasteiger partial charge in [-0.05, 0) is 55.5 Å². The highest BCUT2D eigenvalue weighted by atomic mass is 15.2. The van der Waals surface area contributed by atoms with Crippen LogP contribution in [0.2, 0.25) is 0 Å². The fraction of sp³-hybridized carbons (Fsp3) is 0.722. The summed E-state index contributed by atoms with van der Waals surface area (Å²) in [5, 5.41) is 0. The maximum absolute atomic E-state index is 6.06. The molecular formula is C18H31N3. The molecule has 3 unspecified atom stereocenters. The van der Waals surface area contributed by atoms with Crippen molar-refractivity contribution in [2.75, 3.05) is 13.1 Å². The zero-order chi connectivity index (χ0) is 15.1. The molecule has 3 nitrogen and oxygen atoms in total. The number of pyridine rings is 1. The van der Waals surface area contributed by atoms with Gasteiger partial charge in [0.25, 0.3) is 0 Å². The maximum atomic E-state index is 6.06. The molecule has 0 amide bonds. The Bertz CT molecular complexity index is 393. The van der Waals surface area contributed by atoms with Crippen molar-refractivity contribution in [1.82, 2.24) is 9.88 Å². The standard InChI is InChI=1S/C18H31N3/c1-3-5-15-6-7-17(13-19)18(12-15)21(4-2)14-16-8-10-20-11-9-16/h8-11,15,17-18H,3-7,12-14,19H2,1-2H3. The van der Waals surface area contributed by atoms with Crippen LogP contribution in [0.3, 0.4) is 0 Å². The molecule has 1 aliphatic carbocycles. The van der Waals surface area contributed by atoms with Crippen molar-refractivity contribution >= 4 is 0 Å². The largest absolute Gasteiger partial charge is 0.330 e. The molecule has 2 N–H and O–H groups in total. The van der Waals surface area contributed by atoms with Crippen molar-refractivity contribution in [1.29, 1.82) is 0 Å². The number of hydrogen-bond donors (Lipinski definition) is 1. The van der Waals surface area contributed by atoms with E-state index in [1.807, 2.05) is 12.4 Å². The zero-order valence-electron chi connectivity index (χ0n) is 13.7. The second-order valence-electron chi connectivity index (χ2n) is 6.45. The lowest BCUT2D eigenvalue weighted by molar-refractivity contribution is 0.0772. The van der Waals surface area contributed by atoms with E-state index < -0.39 is 0 Å². The Kier molecular flexibility index (Phi) is 6.65. The van der Waals surface area contributed by atoms with Crippen LogP contribution in [0.1, 0.15) is 51.5 Å². The van der Waals surface area contributed by atoms with Gasteiger partial charge in [0.05, 0.1) is 0 Å². The molecule has 0 aromatic carbocycles. The molecule has 0 radical (unpaired) electrons. The molecule has 0 bridgehead atoms. The molecule has 1 aromatic rings. The SMILES string of the molecule is CCCC1CCC(CN)C(N(CC)Cc2ccncc2)C1. The third-order valence-corrected chi connectivity index (χ3v) is 5.07. The number of aromatic nitrogens is 1. The van der Waals surface area contributed by atoms with Crippen molar-refractivity contribution in [2.45, 2.75) is 58.5 Å². The van der Waals surface area contributed by atoms with Crippen molar-refractivity contribution in [2.24, 2.45) is 17.6 Å². The Morgan fingerprint density at radius 1 is 1.24 bits per heavy atom. The fourth-order valence-corrected chi connectivity index (χ4v) is 3.87. The topological polar surface area (TPSA) is 42.1 Å². The quantitative estimate of drug-likeness (QED) is 0.836. The van der Waals surface area contributed by atoms with Gasteiger partial charge in [-0.3, -0.25) is 9.88 Å². The highest BCUT2D eigenvalue weighted by molar-refractivity contribution is 5.09. The van der Waals surface area contributed by atoms with Gasteiger partial charge in [0.15, 0.2) is 0 Å². The van der Waals surface area contributed by atoms with Crippen LogP contribution in [-0.2, 0) is 6.54 Å². The lowest BCUT2D eigenvalue weighted by Crippen LogP contribution is -2.46. The number of rotatable bonds is 7. The van der Waals surface area contributed by atoms with E-state index >= 15 is 0 Å². The van der Waals surface area contributed by atoms with E-state index in [1.54, 1.807) is 0 Å². The van der Waals surface area contributed by atoms with Crippen LogP contribution in [0.25, 0.3) is 0 Å². The average molecular weight is 289 g/mol. The molecule has 0 saturated heterocycles. The van der Waals surface area contributed by atoms with Crippen LogP contribution in [0.4, 0.5) is 0 Å². The molecule has 1 fully saturated rings. The molecule has 3 heteroatoms. The van der Waals surface area contributed by atoms with E-state index in [4.69, 9.17) is 5.73 Å². The summed E-state index contributed by atoms with van der Waals surface area (Å²) in [6.07, 6.45) is 10.5. The molecule has 1 saturated carbocycles. The molecule has 1 aliphatic rings. The summed E-state index contributed by atoms with van der Waals surface area (Å²) in [6, 6.07) is 4.91. The zero-order valence-corrected chi connectivity index (χ0v) is 13.7. The van der Waals surface area contributed by atoms with Crippen LogP contribution < -0.4 is 5.73 Å². The summed E-state index contributed by atoms with van der Waals surface area (Å²) in [5.74, 6) is 1.56. The number of nitrogens with two attached hydrogens (primary N) is 1. The van der Waals surface area contributed by atoms with Gasteiger partial charge in [-0.15, -0.1) is 0 Å². The monoisotopic (exact) mass is 289 g/mol. The first-order valence-electron chi connectivity index (χ1n) is 8.61. The molecule has 118 valence electrons. The van der Waals surface area contributed by atoms with Crippen molar-refractivity contribution in [3.8, 4) is 0 Å². The molecule has 3 atom stereocenters. The molecule has 0 spiro atoms. The van der Waals surface area contributed by atoms with Crippen LogP contribution >= 0.6 is 0 Å². The van der Waals surface area contributed by atoms with E-state index in [1.165, 1.54) is 37.7 Å². The van der Waals surface area contributed by atoms with E-state index in [9.17, 15) is 0 Å². The summed E-state index contributed by atoms with van der Waals surface area (Å²) in [6.45, 7) is 7.54. The Hall–Kier alpha value is -0.930. The Morgan fingerprint density at radius 2 is 2.00 bits per heavy atom. The summed E-state index contributed by atoms with van der Waals surface area (Å²) in [7, 11) is 0. The third-order valence-electron chi connectivity index (χ3n) is 5.07. The maximum Gasteiger partial charge on any atom is 0.0271 e. The molecule has 1 aromatic heterocycles. The van der Waals surface area contributed by atoms with E-state index in [2.05, 4.69) is 35.9 Å². The molecule has 0 aliphatic heterocycles. The first-order valence-corrected chi connectivity index (χ1v) is 8.61. The molecule has 2 rings (SSSR count). The predicted molar refractivity (Wildman–Crippen MR) is 88.9 cm³/mol. The number of nitrogens with zero attached hydrogens (tertiary/aromatic N) is 2. The smallest absolute Gasteiger partial charge is 0.0271 e.